The molecule has 3 nitrogen and oxygen atoms in total. The van der Waals surface area contributed by atoms with Crippen LogP contribution < -0.4 is 5.73 Å². The van der Waals surface area contributed by atoms with Crippen molar-refractivity contribution in [3.05, 3.63) is 12.4 Å². The maximum Gasteiger partial charge on any atom is 0.200 e. The summed E-state index contributed by atoms with van der Waals surface area (Å²) in [5, 5.41) is 0. The Morgan fingerprint density at radius 2 is 2.25 bits per heavy atom. The Labute approximate surface area is 79.4 Å². The van der Waals surface area contributed by atoms with Crippen LogP contribution in [0.15, 0.2) is 12.4 Å². The minimum Gasteiger partial charge on any atom is -0.369 e. The highest BCUT2D eigenvalue weighted by atomic mass is 35.5. The van der Waals surface area contributed by atoms with E-state index < -0.39 is 0 Å². The van der Waals surface area contributed by atoms with Gasteiger partial charge in [-0.05, 0) is 6.42 Å². The third-order valence-electron chi connectivity index (χ3n) is 1.75. The number of rotatable bonds is 4. The van der Waals surface area contributed by atoms with Gasteiger partial charge in [-0.2, -0.15) is 0 Å². The number of nitrogens with two attached hydrogens (primary N) is 1. The molecule has 0 atom stereocenters. The van der Waals surface area contributed by atoms with Crippen LogP contribution in [0.25, 0.3) is 0 Å². The van der Waals surface area contributed by atoms with Gasteiger partial charge in [0.25, 0.3) is 0 Å². The number of aromatic nitrogens is 2. The first-order valence-electron chi connectivity index (χ1n) is 4.11. The second kappa shape index (κ2) is 5.89. The summed E-state index contributed by atoms with van der Waals surface area (Å²) in [6.07, 6.45) is 7.36. The van der Waals surface area contributed by atoms with Crippen LogP contribution in [-0.2, 0) is 6.54 Å². The predicted octanol–water partition coefficient (Wildman–Crippen LogP) is 2.08. The molecule has 0 amide bonds. The molecule has 4 heteroatoms. The van der Waals surface area contributed by atoms with Gasteiger partial charge in [0.1, 0.15) is 0 Å². The van der Waals surface area contributed by atoms with E-state index in [1.807, 2.05) is 10.8 Å². The zero-order valence-electron chi connectivity index (χ0n) is 7.36. The van der Waals surface area contributed by atoms with Gasteiger partial charge < -0.3 is 10.3 Å². The third kappa shape index (κ3) is 3.13. The topological polar surface area (TPSA) is 43.8 Å². The quantitative estimate of drug-likeness (QED) is 0.738. The number of nitrogens with zero attached hydrogens (tertiary/aromatic N) is 2. The van der Waals surface area contributed by atoms with Gasteiger partial charge in [0, 0.05) is 18.9 Å². The summed E-state index contributed by atoms with van der Waals surface area (Å²) in [7, 11) is 0. The Balaban J connectivity index is 0.00000121. The Bertz CT molecular complexity index is 210. The van der Waals surface area contributed by atoms with E-state index in [1.54, 1.807) is 6.20 Å². The summed E-state index contributed by atoms with van der Waals surface area (Å²) in [4.78, 5) is 3.94. The second-order valence-corrected chi connectivity index (χ2v) is 2.69. The van der Waals surface area contributed by atoms with E-state index in [1.165, 1.54) is 19.3 Å². The number of imidazole rings is 1. The Kier molecular flexibility index (Phi) is 5.54. The molecule has 2 N–H and O–H groups in total. The van der Waals surface area contributed by atoms with E-state index in [2.05, 4.69) is 11.9 Å². The first-order valence-corrected chi connectivity index (χ1v) is 4.11. The lowest BCUT2D eigenvalue weighted by atomic mass is 10.2. The minimum atomic E-state index is 0. The van der Waals surface area contributed by atoms with Gasteiger partial charge >= 0.3 is 0 Å². The number of nitrogen functional groups attached to an aromatic ring is 1. The van der Waals surface area contributed by atoms with Crippen LogP contribution in [0.1, 0.15) is 26.2 Å². The van der Waals surface area contributed by atoms with E-state index in [0.717, 1.165) is 6.54 Å². The van der Waals surface area contributed by atoms with Gasteiger partial charge in [-0.1, -0.05) is 19.8 Å². The Morgan fingerprint density at radius 1 is 1.50 bits per heavy atom. The van der Waals surface area contributed by atoms with Crippen LogP contribution >= 0.6 is 12.4 Å². The standard InChI is InChI=1S/C8H15N3.ClH/c1-2-3-4-6-11-7-5-10-8(11)9;/h5,7H,2-4,6H2,1H3,(H2,9,10);1H. The summed E-state index contributed by atoms with van der Waals surface area (Å²) < 4.78 is 1.98. The molecule has 0 aliphatic heterocycles. The average molecular weight is 190 g/mol. The molecule has 0 aliphatic carbocycles. The minimum absolute atomic E-state index is 0. The van der Waals surface area contributed by atoms with E-state index in [4.69, 9.17) is 5.73 Å². The second-order valence-electron chi connectivity index (χ2n) is 2.69. The lowest BCUT2D eigenvalue weighted by Crippen LogP contribution is -2.02. The molecule has 0 saturated heterocycles. The van der Waals surface area contributed by atoms with Crippen molar-refractivity contribution in [2.75, 3.05) is 5.73 Å². The summed E-state index contributed by atoms with van der Waals surface area (Å²) in [6, 6.07) is 0. The molecule has 1 aromatic rings. The van der Waals surface area contributed by atoms with Crippen molar-refractivity contribution in [3.8, 4) is 0 Å². The molecule has 0 aromatic carbocycles. The number of unbranched alkanes of at least 4 members (excludes halogenated alkanes) is 2. The van der Waals surface area contributed by atoms with Gasteiger partial charge in [-0.25, -0.2) is 4.98 Å². The van der Waals surface area contributed by atoms with Gasteiger partial charge in [0.2, 0.25) is 0 Å². The van der Waals surface area contributed by atoms with Gasteiger partial charge in [0.05, 0.1) is 0 Å². The number of hydrogen-bond donors (Lipinski definition) is 1. The SMILES string of the molecule is CCCCCn1ccnc1N.Cl. The van der Waals surface area contributed by atoms with Crippen LogP contribution in [0.5, 0.6) is 0 Å². The fourth-order valence-corrected chi connectivity index (χ4v) is 1.06. The molecule has 0 saturated carbocycles. The highest BCUT2D eigenvalue weighted by molar-refractivity contribution is 5.85. The Morgan fingerprint density at radius 3 is 2.75 bits per heavy atom. The molecule has 0 spiro atoms. The predicted molar refractivity (Wildman–Crippen MR) is 53.4 cm³/mol. The lowest BCUT2D eigenvalue weighted by molar-refractivity contribution is 0.608. The summed E-state index contributed by atoms with van der Waals surface area (Å²) in [5.41, 5.74) is 5.57. The van der Waals surface area contributed by atoms with Gasteiger partial charge in [-0.15, -0.1) is 12.4 Å². The van der Waals surface area contributed by atoms with Crippen molar-refractivity contribution in [2.45, 2.75) is 32.7 Å². The first-order chi connectivity index (χ1) is 5.34. The Hall–Kier alpha value is -0.700. The maximum atomic E-state index is 5.57. The molecule has 0 aliphatic rings. The van der Waals surface area contributed by atoms with E-state index in [9.17, 15) is 0 Å². The van der Waals surface area contributed by atoms with Crippen LogP contribution in [0.3, 0.4) is 0 Å². The van der Waals surface area contributed by atoms with Gasteiger partial charge in [0.15, 0.2) is 5.95 Å². The zero-order valence-corrected chi connectivity index (χ0v) is 8.18. The fourth-order valence-electron chi connectivity index (χ4n) is 1.06. The normalized spacial score (nSPS) is 9.42. The highest BCUT2D eigenvalue weighted by Gasteiger charge is 1.94. The first kappa shape index (κ1) is 11.3. The third-order valence-corrected chi connectivity index (χ3v) is 1.75. The van der Waals surface area contributed by atoms with E-state index in [-0.39, 0.29) is 12.4 Å². The van der Waals surface area contributed by atoms with Crippen molar-refractivity contribution < 1.29 is 0 Å². The van der Waals surface area contributed by atoms with Crippen LogP contribution in [-0.4, -0.2) is 9.55 Å². The number of halogens is 1. The van der Waals surface area contributed by atoms with Crippen molar-refractivity contribution in [1.29, 1.82) is 0 Å². The molecule has 1 heterocycles. The van der Waals surface area contributed by atoms with Crippen LogP contribution in [0.4, 0.5) is 5.95 Å². The van der Waals surface area contributed by atoms with Crippen molar-refractivity contribution in [2.24, 2.45) is 0 Å². The van der Waals surface area contributed by atoms with E-state index in [0.29, 0.717) is 5.95 Å². The fraction of sp³-hybridized carbons (Fsp3) is 0.625. The lowest BCUT2D eigenvalue weighted by Gasteiger charge is -2.02. The number of anilines is 1. The largest absolute Gasteiger partial charge is 0.369 e. The van der Waals surface area contributed by atoms with Crippen molar-refractivity contribution in [3.63, 3.8) is 0 Å². The highest BCUT2D eigenvalue weighted by Crippen LogP contribution is 2.02. The van der Waals surface area contributed by atoms with Crippen LogP contribution in [0.2, 0.25) is 0 Å². The smallest absolute Gasteiger partial charge is 0.200 e. The number of aryl methyl sites for hydroxylation is 1. The molecule has 0 radical (unpaired) electrons. The summed E-state index contributed by atoms with van der Waals surface area (Å²) in [6.45, 7) is 3.19. The molecule has 0 bridgehead atoms. The molecule has 12 heavy (non-hydrogen) atoms. The maximum absolute atomic E-state index is 5.57. The molecule has 70 valence electrons. The molecule has 1 rings (SSSR count). The van der Waals surface area contributed by atoms with Crippen LogP contribution in [0, 0.1) is 0 Å². The molecule has 1 aromatic heterocycles. The van der Waals surface area contributed by atoms with Crippen molar-refractivity contribution >= 4 is 18.4 Å². The summed E-state index contributed by atoms with van der Waals surface area (Å²) >= 11 is 0. The summed E-state index contributed by atoms with van der Waals surface area (Å²) in [5.74, 6) is 0.626. The molecule has 0 fully saturated rings. The molecule has 0 unspecified atom stereocenters. The molecular formula is C8H16ClN3. The van der Waals surface area contributed by atoms with Crippen molar-refractivity contribution in [1.82, 2.24) is 9.55 Å². The van der Waals surface area contributed by atoms with E-state index >= 15 is 0 Å². The number of hydrogen-bond acceptors (Lipinski definition) is 2. The monoisotopic (exact) mass is 189 g/mol. The zero-order chi connectivity index (χ0) is 8.10. The molecular weight excluding hydrogens is 174 g/mol. The average Bonchev–Trinajstić information content (AvgIpc) is 2.37. The van der Waals surface area contributed by atoms with Gasteiger partial charge in [-0.3, -0.25) is 0 Å².